The summed E-state index contributed by atoms with van der Waals surface area (Å²) >= 11 is 0. The molecule has 6 nitrogen and oxygen atoms in total. The number of hydrogen-bond donors (Lipinski definition) is 0. The lowest BCUT2D eigenvalue weighted by Crippen LogP contribution is -2.46. The van der Waals surface area contributed by atoms with Crippen LogP contribution in [-0.4, -0.2) is 36.1 Å². The highest BCUT2D eigenvalue weighted by Gasteiger charge is 2.38. The molecule has 1 fully saturated rings. The molecule has 132 valence electrons. The largest absolute Gasteiger partial charge is 0.462 e. The van der Waals surface area contributed by atoms with Gasteiger partial charge in [0.05, 0.1) is 29.6 Å². The number of carbonyl (C=O) groups excluding carboxylic acids is 3. The fraction of sp³-hybridized carbons (Fsp3) is 0.421. The molecule has 0 aromatic heterocycles. The summed E-state index contributed by atoms with van der Waals surface area (Å²) in [5.74, 6) is -1.19. The molecular weight excluding hydrogens is 322 g/mol. The fourth-order valence-electron chi connectivity index (χ4n) is 3.34. The van der Waals surface area contributed by atoms with Gasteiger partial charge in [-0.15, -0.1) is 0 Å². The van der Waals surface area contributed by atoms with Gasteiger partial charge in [0, 0.05) is 18.6 Å². The third-order valence-electron chi connectivity index (χ3n) is 4.46. The number of carbonyl (C=O) groups is 3. The molecule has 2 amide bonds. The minimum atomic E-state index is -0.420. The third kappa shape index (κ3) is 3.79. The van der Waals surface area contributed by atoms with Crippen LogP contribution in [0.1, 0.15) is 43.5 Å². The standard InChI is InChI=1S/C19H21NO5/c1-13-12-19(2,25-13)10-3-11-24-18(23)14-4-6-15(7-5-14)20-16(21)8-9-17(20)22/h4-9,13H,3,10-12H2,1-2H3. The summed E-state index contributed by atoms with van der Waals surface area (Å²) in [4.78, 5) is 36.4. The second-order valence-electron chi connectivity index (χ2n) is 6.71. The Morgan fingerprint density at radius 3 is 2.40 bits per heavy atom. The van der Waals surface area contributed by atoms with Crippen LogP contribution in [0, 0.1) is 0 Å². The highest BCUT2D eigenvalue weighted by molar-refractivity contribution is 6.28. The fourth-order valence-corrected chi connectivity index (χ4v) is 3.34. The van der Waals surface area contributed by atoms with Gasteiger partial charge in [-0.1, -0.05) is 0 Å². The maximum Gasteiger partial charge on any atom is 0.338 e. The van der Waals surface area contributed by atoms with Gasteiger partial charge in [0.2, 0.25) is 0 Å². The lowest BCUT2D eigenvalue weighted by Gasteiger charge is -2.44. The first-order valence-electron chi connectivity index (χ1n) is 8.39. The van der Waals surface area contributed by atoms with Crippen molar-refractivity contribution in [3.05, 3.63) is 42.0 Å². The SMILES string of the molecule is CC1CC(C)(CCCOC(=O)c2ccc(N3C(=O)C=CC3=O)cc2)O1. The molecule has 1 aromatic rings. The second-order valence-corrected chi connectivity index (χ2v) is 6.71. The zero-order chi connectivity index (χ0) is 18.0. The molecule has 2 aliphatic heterocycles. The molecule has 25 heavy (non-hydrogen) atoms. The first kappa shape index (κ1) is 17.4. The van der Waals surface area contributed by atoms with Gasteiger partial charge in [-0.05, 0) is 51.0 Å². The van der Waals surface area contributed by atoms with E-state index in [1.807, 2.05) is 6.92 Å². The molecule has 0 radical (unpaired) electrons. The Kier molecular flexibility index (Phi) is 4.72. The van der Waals surface area contributed by atoms with Crippen LogP contribution in [0.4, 0.5) is 5.69 Å². The van der Waals surface area contributed by atoms with E-state index >= 15 is 0 Å². The van der Waals surface area contributed by atoms with Crippen LogP contribution in [0.25, 0.3) is 0 Å². The van der Waals surface area contributed by atoms with Crippen molar-refractivity contribution in [3.63, 3.8) is 0 Å². The zero-order valence-electron chi connectivity index (χ0n) is 14.4. The molecule has 2 heterocycles. The smallest absolute Gasteiger partial charge is 0.338 e. The number of esters is 1. The Bertz CT molecular complexity index is 698. The van der Waals surface area contributed by atoms with Crippen LogP contribution >= 0.6 is 0 Å². The first-order valence-corrected chi connectivity index (χ1v) is 8.39. The Balaban J connectivity index is 1.48. The Hall–Kier alpha value is -2.47. The molecular formula is C19H21NO5. The number of benzene rings is 1. The highest BCUT2D eigenvalue weighted by atomic mass is 16.5. The maximum absolute atomic E-state index is 12.1. The average molecular weight is 343 g/mol. The van der Waals surface area contributed by atoms with Crippen LogP contribution in [0.3, 0.4) is 0 Å². The van der Waals surface area contributed by atoms with Crippen molar-refractivity contribution in [1.29, 1.82) is 0 Å². The molecule has 0 aliphatic carbocycles. The molecule has 6 heteroatoms. The normalized spacial score (nSPS) is 25.2. The molecule has 0 N–H and O–H groups in total. The van der Waals surface area contributed by atoms with E-state index in [-0.39, 0.29) is 17.4 Å². The molecule has 0 saturated carbocycles. The summed E-state index contributed by atoms with van der Waals surface area (Å²) in [6.07, 6.45) is 5.39. The van der Waals surface area contributed by atoms with E-state index in [9.17, 15) is 14.4 Å². The number of imide groups is 1. The van der Waals surface area contributed by atoms with E-state index in [0.29, 0.717) is 24.0 Å². The topological polar surface area (TPSA) is 72.9 Å². The van der Waals surface area contributed by atoms with E-state index < -0.39 is 5.97 Å². The van der Waals surface area contributed by atoms with E-state index in [1.165, 1.54) is 12.2 Å². The van der Waals surface area contributed by atoms with Gasteiger partial charge in [0.1, 0.15) is 0 Å². The minimum Gasteiger partial charge on any atom is -0.462 e. The van der Waals surface area contributed by atoms with Crippen molar-refractivity contribution in [2.24, 2.45) is 0 Å². The Labute approximate surface area is 146 Å². The molecule has 2 aliphatic rings. The molecule has 3 rings (SSSR count). The number of anilines is 1. The van der Waals surface area contributed by atoms with Crippen molar-refractivity contribution in [2.75, 3.05) is 11.5 Å². The van der Waals surface area contributed by atoms with Gasteiger partial charge in [0.25, 0.3) is 11.8 Å². The third-order valence-corrected chi connectivity index (χ3v) is 4.46. The minimum absolute atomic E-state index is 0.0870. The van der Waals surface area contributed by atoms with Gasteiger partial charge < -0.3 is 9.47 Å². The molecule has 2 unspecified atom stereocenters. The van der Waals surface area contributed by atoms with Crippen molar-refractivity contribution in [2.45, 2.75) is 44.8 Å². The van der Waals surface area contributed by atoms with Crippen LogP contribution in [0.2, 0.25) is 0 Å². The van der Waals surface area contributed by atoms with Crippen molar-refractivity contribution >= 4 is 23.5 Å². The summed E-state index contributed by atoms with van der Waals surface area (Å²) in [5, 5.41) is 0. The van der Waals surface area contributed by atoms with Gasteiger partial charge in [-0.25, -0.2) is 9.69 Å². The van der Waals surface area contributed by atoms with Gasteiger partial charge in [-0.3, -0.25) is 9.59 Å². The van der Waals surface area contributed by atoms with Crippen LogP contribution in [-0.2, 0) is 19.1 Å². The maximum atomic E-state index is 12.1. The molecule has 1 aromatic carbocycles. The monoisotopic (exact) mass is 343 g/mol. The number of hydrogen-bond acceptors (Lipinski definition) is 5. The summed E-state index contributed by atoms with van der Waals surface area (Å²) < 4.78 is 11.0. The van der Waals surface area contributed by atoms with E-state index in [0.717, 1.165) is 24.2 Å². The quantitative estimate of drug-likeness (QED) is 0.451. The summed E-state index contributed by atoms with van der Waals surface area (Å²) in [5.41, 5.74) is 0.729. The summed E-state index contributed by atoms with van der Waals surface area (Å²) in [6, 6.07) is 6.22. The summed E-state index contributed by atoms with van der Waals surface area (Å²) in [7, 11) is 0. The Morgan fingerprint density at radius 1 is 1.24 bits per heavy atom. The molecule has 0 bridgehead atoms. The molecule has 0 spiro atoms. The predicted octanol–water partition coefficient (Wildman–Crippen LogP) is 2.62. The number of rotatable bonds is 6. The second kappa shape index (κ2) is 6.80. The highest BCUT2D eigenvalue weighted by Crippen LogP contribution is 2.35. The van der Waals surface area contributed by atoms with Gasteiger partial charge >= 0.3 is 5.97 Å². The van der Waals surface area contributed by atoms with Crippen LogP contribution in [0.15, 0.2) is 36.4 Å². The van der Waals surface area contributed by atoms with Gasteiger partial charge in [0.15, 0.2) is 0 Å². The van der Waals surface area contributed by atoms with Crippen LogP contribution < -0.4 is 4.90 Å². The van der Waals surface area contributed by atoms with E-state index in [4.69, 9.17) is 9.47 Å². The van der Waals surface area contributed by atoms with Crippen LogP contribution in [0.5, 0.6) is 0 Å². The molecule has 2 atom stereocenters. The number of ether oxygens (including phenoxy) is 2. The van der Waals surface area contributed by atoms with Gasteiger partial charge in [-0.2, -0.15) is 0 Å². The Morgan fingerprint density at radius 2 is 1.84 bits per heavy atom. The number of amides is 2. The zero-order valence-corrected chi connectivity index (χ0v) is 14.4. The summed E-state index contributed by atoms with van der Waals surface area (Å²) in [6.45, 7) is 4.45. The van der Waals surface area contributed by atoms with Crippen molar-refractivity contribution < 1.29 is 23.9 Å². The van der Waals surface area contributed by atoms with E-state index in [2.05, 4.69) is 6.92 Å². The van der Waals surface area contributed by atoms with Crippen molar-refractivity contribution in [1.82, 2.24) is 0 Å². The first-order chi connectivity index (χ1) is 11.9. The number of nitrogens with zero attached hydrogens (tertiary/aromatic N) is 1. The van der Waals surface area contributed by atoms with E-state index in [1.54, 1.807) is 24.3 Å². The predicted molar refractivity (Wildman–Crippen MR) is 91.2 cm³/mol. The molecule has 1 saturated heterocycles. The lowest BCUT2D eigenvalue weighted by molar-refractivity contribution is -0.191. The average Bonchev–Trinajstić information content (AvgIpc) is 2.89. The lowest BCUT2D eigenvalue weighted by atomic mass is 9.87. The van der Waals surface area contributed by atoms with Crippen molar-refractivity contribution in [3.8, 4) is 0 Å².